The Hall–Kier alpha value is -2.14. The van der Waals surface area contributed by atoms with E-state index in [0.29, 0.717) is 0 Å². The van der Waals surface area contributed by atoms with Crippen molar-refractivity contribution in [1.29, 1.82) is 0 Å². The van der Waals surface area contributed by atoms with Gasteiger partial charge in [0.25, 0.3) is 0 Å². The number of hydrogen-bond acceptors (Lipinski definition) is 4. The molecule has 0 aliphatic carbocycles. The summed E-state index contributed by atoms with van der Waals surface area (Å²) in [6.45, 7) is 0. The summed E-state index contributed by atoms with van der Waals surface area (Å²) in [5, 5.41) is 0. The molecule has 0 saturated heterocycles. The maximum atomic E-state index is 4.38. The second-order valence-electron chi connectivity index (χ2n) is 3.85. The molecule has 0 aliphatic heterocycles. The van der Waals surface area contributed by atoms with E-state index in [2.05, 4.69) is 35.9 Å². The van der Waals surface area contributed by atoms with Gasteiger partial charge in [-0.2, -0.15) is 0 Å². The van der Waals surface area contributed by atoms with Crippen molar-refractivity contribution in [2.24, 2.45) is 0 Å². The molecule has 0 aliphatic rings. The molecule has 0 radical (unpaired) electrons. The van der Waals surface area contributed by atoms with Crippen molar-refractivity contribution in [2.45, 2.75) is 0 Å². The first kappa shape index (κ1) is 11.9. The number of pyridine rings is 2. The lowest BCUT2D eigenvalue weighted by atomic mass is 10.2. The normalized spacial score (nSPS) is 10.4. The number of rotatable bonds is 2. The highest BCUT2D eigenvalue weighted by Crippen LogP contribution is 2.21. The van der Waals surface area contributed by atoms with Crippen LogP contribution in [0.4, 0.5) is 0 Å². The van der Waals surface area contributed by atoms with Gasteiger partial charge in [0, 0.05) is 6.20 Å². The minimum atomic E-state index is 0.775. The standard InChI is InChI=1S/C14H9BrN4/c15-14-6-3-5-11(19-14)13-8-12(17-9-18-13)10-4-1-2-7-16-10/h1-9H. The van der Waals surface area contributed by atoms with Gasteiger partial charge in [0.2, 0.25) is 0 Å². The molecule has 0 aromatic carbocycles. The van der Waals surface area contributed by atoms with Crippen LogP contribution in [0.5, 0.6) is 0 Å². The van der Waals surface area contributed by atoms with Gasteiger partial charge in [-0.25, -0.2) is 15.0 Å². The number of halogens is 1. The molecule has 0 spiro atoms. The minimum absolute atomic E-state index is 0.775. The third-order valence-electron chi connectivity index (χ3n) is 2.57. The van der Waals surface area contributed by atoms with Crippen molar-refractivity contribution in [3.8, 4) is 22.8 Å². The van der Waals surface area contributed by atoms with E-state index in [1.165, 1.54) is 6.33 Å². The first-order valence-electron chi connectivity index (χ1n) is 5.69. The Balaban J connectivity index is 2.06. The van der Waals surface area contributed by atoms with Gasteiger partial charge in [-0.1, -0.05) is 12.1 Å². The molecule has 0 fully saturated rings. The Kier molecular flexibility index (Phi) is 3.29. The summed E-state index contributed by atoms with van der Waals surface area (Å²) in [6, 6.07) is 13.3. The third kappa shape index (κ3) is 2.66. The summed E-state index contributed by atoms with van der Waals surface area (Å²) >= 11 is 3.36. The topological polar surface area (TPSA) is 51.6 Å². The van der Waals surface area contributed by atoms with Crippen molar-refractivity contribution < 1.29 is 0 Å². The Labute approximate surface area is 118 Å². The number of hydrogen-bond donors (Lipinski definition) is 0. The fourth-order valence-electron chi connectivity index (χ4n) is 1.70. The second-order valence-corrected chi connectivity index (χ2v) is 4.66. The van der Waals surface area contributed by atoms with E-state index in [0.717, 1.165) is 27.4 Å². The van der Waals surface area contributed by atoms with Gasteiger partial charge in [-0.05, 0) is 46.3 Å². The maximum absolute atomic E-state index is 4.38. The Morgan fingerprint density at radius 3 is 2.26 bits per heavy atom. The minimum Gasteiger partial charge on any atom is -0.255 e. The van der Waals surface area contributed by atoms with Crippen LogP contribution in [-0.2, 0) is 0 Å². The lowest BCUT2D eigenvalue weighted by Gasteiger charge is -2.03. The van der Waals surface area contributed by atoms with Gasteiger partial charge < -0.3 is 0 Å². The van der Waals surface area contributed by atoms with Crippen molar-refractivity contribution in [3.05, 3.63) is 59.6 Å². The van der Waals surface area contributed by atoms with E-state index in [-0.39, 0.29) is 0 Å². The molecule has 19 heavy (non-hydrogen) atoms. The average Bonchev–Trinajstić information content (AvgIpc) is 2.48. The van der Waals surface area contributed by atoms with E-state index in [9.17, 15) is 0 Å². The monoisotopic (exact) mass is 312 g/mol. The Morgan fingerprint density at radius 1 is 0.737 bits per heavy atom. The zero-order chi connectivity index (χ0) is 13.1. The lowest BCUT2D eigenvalue weighted by Crippen LogP contribution is -1.92. The molecule has 0 bridgehead atoms. The van der Waals surface area contributed by atoms with E-state index in [4.69, 9.17) is 0 Å². The van der Waals surface area contributed by atoms with Gasteiger partial charge in [-0.15, -0.1) is 0 Å². The molecule has 3 heterocycles. The molecule has 0 atom stereocenters. The van der Waals surface area contributed by atoms with Gasteiger partial charge in [0.05, 0.1) is 22.8 Å². The van der Waals surface area contributed by atoms with Crippen LogP contribution < -0.4 is 0 Å². The van der Waals surface area contributed by atoms with E-state index in [1.807, 2.05) is 42.5 Å². The maximum Gasteiger partial charge on any atom is 0.116 e. The van der Waals surface area contributed by atoms with Crippen LogP contribution in [0.1, 0.15) is 0 Å². The van der Waals surface area contributed by atoms with Gasteiger partial charge in [0.1, 0.15) is 10.9 Å². The molecule has 3 aromatic rings. The molecule has 0 unspecified atom stereocenters. The van der Waals surface area contributed by atoms with Crippen LogP contribution in [0.2, 0.25) is 0 Å². The Bertz CT molecular complexity index is 701. The lowest BCUT2D eigenvalue weighted by molar-refractivity contribution is 1.13. The predicted molar refractivity (Wildman–Crippen MR) is 76.2 cm³/mol. The summed E-state index contributed by atoms with van der Waals surface area (Å²) in [7, 11) is 0. The van der Waals surface area contributed by atoms with E-state index in [1.54, 1.807) is 6.20 Å². The van der Waals surface area contributed by atoms with E-state index >= 15 is 0 Å². The quantitative estimate of drug-likeness (QED) is 0.681. The summed E-state index contributed by atoms with van der Waals surface area (Å²) in [6.07, 6.45) is 3.27. The van der Waals surface area contributed by atoms with E-state index < -0.39 is 0 Å². The highest BCUT2D eigenvalue weighted by atomic mass is 79.9. The van der Waals surface area contributed by atoms with Crippen molar-refractivity contribution >= 4 is 15.9 Å². The molecule has 3 aromatic heterocycles. The number of aromatic nitrogens is 4. The molecule has 5 heteroatoms. The average molecular weight is 313 g/mol. The summed E-state index contributed by atoms with van der Waals surface area (Å²) in [5.41, 5.74) is 3.18. The van der Waals surface area contributed by atoms with Crippen LogP contribution >= 0.6 is 15.9 Å². The molecule has 0 N–H and O–H groups in total. The van der Waals surface area contributed by atoms with Crippen molar-refractivity contribution in [3.63, 3.8) is 0 Å². The van der Waals surface area contributed by atoms with Crippen molar-refractivity contribution in [2.75, 3.05) is 0 Å². The fourth-order valence-corrected chi connectivity index (χ4v) is 2.05. The summed E-state index contributed by atoms with van der Waals surface area (Å²) in [4.78, 5) is 17.2. The highest BCUT2D eigenvalue weighted by molar-refractivity contribution is 9.10. The SMILES string of the molecule is Brc1cccc(-c2cc(-c3ccccn3)ncn2)n1. The molecule has 0 amide bonds. The predicted octanol–water partition coefficient (Wildman–Crippen LogP) is 3.36. The van der Waals surface area contributed by atoms with Gasteiger partial charge in [-0.3, -0.25) is 4.98 Å². The van der Waals surface area contributed by atoms with Crippen LogP contribution in [-0.4, -0.2) is 19.9 Å². The van der Waals surface area contributed by atoms with Gasteiger partial charge in [0.15, 0.2) is 0 Å². The van der Waals surface area contributed by atoms with Crippen LogP contribution in [0.15, 0.2) is 59.6 Å². The summed E-state index contributed by atoms with van der Waals surface area (Å²) in [5.74, 6) is 0. The van der Waals surface area contributed by atoms with Crippen LogP contribution in [0.25, 0.3) is 22.8 Å². The zero-order valence-electron chi connectivity index (χ0n) is 9.86. The first-order chi connectivity index (χ1) is 9.33. The number of nitrogens with zero attached hydrogens (tertiary/aromatic N) is 4. The molecular weight excluding hydrogens is 304 g/mol. The zero-order valence-corrected chi connectivity index (χ0v) is 11.4. The Morgan fingerprint density at radius 2 is 1.53 bits per heavy atom. The second kappa shape index (κ2) is 5.24. The molecule has 92 valence electrons. The largest absolute Gasteiger partial charge is 0.255 e. The molecule has 3 rings (SSSR count). The molecule has 4 nitrogen and oxygen atoms in total. The third-order valence-corrected chi connectivity index (χ3v) is 3.01. The first-order valence-corrected chi connectivity index (χ1v) is 6.48. The van der Waals surface area contributed by atoms with Crippen LogP contribution in [0, 0.1) is 0 Å². The van der Waals surface area contributed by atoms with Gasteiger partial charge >= 0.3 is 0 Å². The molecule has 0 saturated carbocycles. The van der Waals surface area contributed by atoms with Crippen LogP contribution in [0.3, 0.4) is 0 Å². The smallest absolute Gasteiger partial charge is 0.116 e. The summed E-state index contributed by atoms with van der Waals surface area (Å²) < 4.78 is 0.781. The fraction of sp³-hybridized carbons (Fsp3) is 0. The molecular formula is C14H9BrN4. The van der Waals surface area contributed by atoms with Crippen molar-refractivity contribution in [1.82, 2.24) is 19.9 Å². The highest BCUT2D eigenvalue weighted by Gasteiger charge is 2.06.